The zero-order chi connectivity index (χ0) is 18.5. The zero-order valence-corrected chi connectivity index (χ0v) is 14.4. The lowest BCUT2D eigenvalue weighted by Crippen LogP contribution is -2.27. The maximum absolute atomic E-state index is 12.5. The van der Waals surface area contributed by atoms with Crippen molar-refractivity contribution in [2.24, 2.45) is 0 Å². The Bertz CT molecular complexity index is 861. The molecular weight excluding hydrogens is 354 g/mol. The van der Waals surface area contributed by atoms with Crippen LogP contribution in [0.2, 0.25) is 0 Å². The third kappa shape index (κ3) is 4.31. The highest BCUT2D eigenvalue weighted by molar-refractivity contribution is 8.18. The van der Waals surface area contributed by atoms with Gasteiger partial charge in [0.05, 0.1) is 11.4 Å². The fourth-order valence-electron chi connectivity index (χ4n) is 2.36. The molecule has 0 radical (unpaired) electrons. The van der Waals surface area contributed by atoms with Gasteiger partial charge in [-0.05, 0) is 41.1 Å². The maximum Gasteiger partial charge on any atom is 0.341 e. The number of aliphatic carboxylic acids is 1. The van der Waals surface area contributed by atoms with E-state index in [1.807, 2.05) is 30.3 Å². The monoisotopic (exact) mass is 369 g/mol. The van der Waals surface area contributed by atoms with Crippen molar-refractivity contribution in [1.82, 2.24) is 4.90 Å². The molecule has 0 saturated carbocycles. The van der Waals surface area contributed by atoms with Crippen LogP contribution in [0.4, 0.5) is 4.79 Å². The average molecular weight is 369 g/mol. The molecule has 0 unspecified atom stereocenters. The summed E-state index contributed by atoms with van der Waals surface area (Å²) in [6, 6.07) is 15.9. The predicted molar refractivity (Wildman–Crippen MR) is 97.5 cm³/mol. The van der Waals surface area contributed by atoms with Crippen molar-refractivity contribution < 1.29 is 24.2 Å². The average Bonchev–Trinajstić information content (AvgIpc) is 2.89. The normalized spacial score (nSPS) is 15.5. The Morgan fingerprint density at radius 2 is 1.77 bits per heavy atom. The number of ether oxygens (including phenoxy) is 1. The van der Waals surface area contributed by atoms with Crippen LogP contribution in [0.25, 0.3) is 6.08 Å². The van der Waals surface area contributed by atoms with Crippen molar-refractivity contribution in [1.29, 1.82) is 0 Å². The first-order valence-electron chi connectivity index (χ1n) is 7.77. The third-order valence-corrected chi connectivity index (χ3v) is 4.50. The van der Waals surface area contributed by atoms with Gasteiger partial charge in [0.25, 0.3) is 11.1 Å². The van der Waals surface area contributed by atoms with Gasteiger partial charge in [0.2, 0.25) is 0 Å². The summed E-state index contributed by atoms with van der Waals surface area (Å²) in [6.45, 7) is -0.178. The van der Waals surface area contributed by atoms with E-state index in [0.717, 1.165) is 22.9 Å². The minimum Gasteiger partial charge on any atom is -0.482 e. The van der Waals surface area contributed by atoms with Crippen LogP contribution in [0.3, 0.4) is 0 Å². The number of carboxylic acids is 1. The number of carbonyl (C=O) groups excluding carboxylic acids is 2. The Hall–Kier alpha value is -3.06. The van der Waals surface area contributed by atoms with E-state index in [1.54, 1.807) is 30.3 Å². The number of thioether (sulfide) groups is 1. The van der Waals surface area contributed by atoms with E-state index in [9.17, 15) is 14.4 Å². The molecule has 1 aliphatic heterocycles. The van der Waals surface area contributed by atoms with Crippen LogP contribution in [0, 0.1) is 0 Å². The van der Waals surface area contributed by atoms with E-state index >= 15 is 0 Å². The molecule has 3 rings (SSSR count). The number of imide groups is 1. The lowest BCUT2D eigenvalue weighted by Gasteiger charge is -2.12. The first kappa shape index (κ1) is 17.8. The van der Waals surface area contributed by atoms with E-state index in [-0.39, 0.29) is 17.7 Å². The fourth-order valence-corrected chi connectivity index (χ4v) is 3.20. The van der Waals surface area contributed by atoms with Gasteiger partial charge >= 0.3 is 5.97 Å². The molecule has 2 amide bonds. The van der Waals surface area contributed by atoms with E-state index in [2.05, 4.69) is 0 Å². The lowest BCUT2D eigenvalue weighted by molar-refractivity contribution is -0.139. The fraction of sp³-hybridized carbons (Fsp3) is 0.105. The highest BCUT2D eigenvalue weighted by Gasteiger charge is 2.34. The summed E-state index contributed by atoms with van der Waals surface area (Å²) in [4.78, 5) is 36.7. The number of carbonyl (C=O) groups is 3. The summed E-state index contributed by atoms with van der Waals surface area (Å²) in [5.41, 5.74) is 1.61. The molecule has 2 aromatic rings. The first-order chi connectivity index (χ1) is 12.5. The van der Waals surface area contributed by atoms with Gasteiger partial charge < -0.3 is 9.84 Å². The number of rotatable bonds is 6. The van der Waals surface area contributed by atoms with E-state index < -0.39 is 12.6 Å². The van der Waals surface area contributed by atoms with E-state index in [4.69, 9.17) is 9.84 Å². The Morgan fingerprint density at radius 3 is 2.42 bits per heavy atom. The molecule has 6 nitrogen and oxygen atoms in total. The van der Waals surface area contributed by atoms with Crippen LogP contribution in [0.1, 0.15) is 11.1 Å². The Labute approximate surface area is 154 Å². The highest BCUT2D eigenvalue weighted by Crippen LogP contribution is 2.33. The summed E-state index contributed by atoms with van der Waals surface area (Å²) in [5, 5.41) is 8.29. The molecule has 2 aromatic carbocycles. The summed E-state index contributed by atoms with van der Waals surface area (Å²) >= 11 is 0.904. The van der Waals surface area contributed by atoms with Gasteiger partial charge in [0.1, 0.15) is 5.75 Å². The minimum absolute atomic E-state index is 0.241. The van der Waals surface area contributed by atoms with Gasteiger partial charge in [-0.1, -0.05) is 42.5 Å². The van der Waals surface area contributed by atoms with E-state index in [0.29, 0.717) is 10.7 Å². The second-order valence-electron chi connectivity index (χ2n) is 5.50. The topological polar surface area (TPSA) is 83.9 Å². The largest absolute Gasteiger partial charge is 0.482 e. The van der Waals surface area contributed by atoms with Crippen molar-refractivity contribution >= 4 is 35.0 Å². The molecule has 0 atom stereocenters. The quantitative estimate of drug-likeness (QED) is 0.786. The van der Waals surface area contributed by atoms with Gasteiger partial charge in [0.15, 0.2) is 6.61 Å². The number of benzene rings is 2. The number of nitrogens with zero attached hydrogens (tertiary/aromatic N) is 1. The Kier molecular flexibility index (Phi) is 5.38. The van der Waals surface area contributed by atoms with Crippen LogP contribution in [0.5, 0.6) is 5.75 Å². The summed E-state index contributed by atoms with van der Waals surface area (Å²) in [7, 11) is 0. The van der Waals surface area contributed by atoms with Crippen LogP contribution in [0.15, 0.2) is 59.5 Å². The molecule has 0 spiro atoms. The van der Waals surface area contributed by atoms with Gasteiger partial charge in [-0.3, -0.25) is 14.5 Å². The molecule has 1 aliphatic rings. The molecule has 1 saturated heterocycles. The summed E-state index contributed by atoms with van der Waals surface area (Å²) in [6.07, 6.45) is 1.64. The van der Waals surface area contributed by atoms with Gasteiger partial charge in [0, 0.05) is 0 Å². The molecule has 0 bridgehead atoms. The summed E-state index contributed by atoms with van der Waals surface area (Å²) in [5.74, 6) is -0.960. The van der Waals surface area contributed by atoms with Crippen LogP contribution in [-0.2, 0) is 16.1 Å². The van der Waals surface area contributed by atoms with E-state index in [1.165, 1.54) is 4.90 Å². The van der Waals surface area contributed by atoms with Crippen molar-refractivity contribution in [2.45, 2.75) is 6.54 Å². The lowest BCUT2D eigenvalue weighted by atomic mass is 10.2. The van der Waals surface area contributed by atoms with Crippen LogP contribution < -0.4 is 4.74 Å². The zero-order valence-electron chi connectivity index (χ0n) is 13.6. The smallest absolute Gasteiger partial charge is 0.341 e. The second kappa shape index (κ2) is 7.88. The SMILES string of the molecule is O=C(O)COc1ccc(C=C2SC(=O)N(Cc3ccccc3)C2=O)cc1. The molecule has 1 heterocycles. The van der Waals surface area contributed by atoms with Crippen molar-refractivity contribution in [2.75, 3.05) is 6.61 Å². The van der Waals surface area contributed by atoms with Crippen LogP contribution in [-0.4, -0.2) is 33.7 Å². The van der Waals surface area contributed by atoms with Gasteiger partial charge in [-0.25, -0.2) is 4.79 Å². The molecule has 132 valence electrons. The maximum atomic E-state index is 12.5. The van der Waals surface area contributed by atoms with Gasteiger partial charge in [-0.2, -0.15) is 0 Å². The molecule has 0 aromatic heterocycles. The molecular formula is C19H15NO5S. The first-order valence-corrected chi connectivity index (χ1v) is 8.58. The molecule has 1 fully saturated rings. The Morgan fingerprint density at radius 1 is 1.08 bits per heavy atom. The highest BCUT2D eigenvalue weighted by atomic mass is 32.2. The van der Waals surface area contributed by atoms with Crippen molar-refractivity contribution in [3.05, 3.63) is 70.6 Å². The number of amides is 2. The van der Waals surface area contributed by atoms with Crippen LogP contribution >= 0.6 is 11.8 Å². The minimum atomic E-state index is -1.05. The standard InChI is InChI=1S/C19H15NO5S/c21-17(22)12-25-15-8-6-13(7-9-15)10-16-18(23)20(19(24)26-16)11-14-4-2-1-3-5-14/h1-10H,11-12H2,(H,21,22). The Balaban J connectivity index is 1.70. The third-order valence-electron chi connectivity index (χ3n) is 3.60. The van der Waals surface area contributed by atoms with Crippen molar-refractivity contribution in [3.63, 3.8) is 0 Å². The number of hydrogen-bond donors (Lipinski definition) is 1. The molecule has 26 heavy (non-hydrogen) atoms. The molecule has 1 N–H and O–H groups in total. The van der Waals surface area contributed by atoms with Gasteiger partial charge in [-0.15, -0.1) is 0 Å². The predicted octanol–water partition coefficient (Wildman–Crippen LogP) is 3.39. The summed E-state index contributed by atoms with van der Waals surface area (Å²) < 4.78 is 5.06. The number of hydrogen-bond acceptors (Lipinski definition) is 5. The second-order valence-corrected chi connectivity index (χ2v) is 6.50. The molecule has 7 heteroatoms. The molecule has 0 aliphatic carbocycles. The number of carboxylic acid groups (broad SMARTS) is 1. The van der Waals surface area contributed by atoms with Crippen molar-refractivity contribution in [3.8, 4) is 5.75 Å².